The van der Waals surface area contributed by atoms with Crippen LogP contribution < -0.4 is 16.0 Å². The molecule has 0 saturated heterocycles. The van der Waals surface area contributed by atoms with E-state index < -0.39 is 11.7 Å². The summed E-state index contributed by atoms with van der Waals surface area (Å²) >= 11 is 0. The zero-order chi connectivity index (χ0) is 15.9. The van der Waals surface area contributed by atoms with Gasteiger partial charge in [-0.15, -0.1) is 0 Å². The molecule has 0 radical (unpaired) electrons. The second-order valence-electron chi connectivity index (χ2n) is 4.40. The first-order valence-corrected chi connectivity index (χ1v) is 6.64. The summed E-state index contributed by atoms with van der Waals surface area (Å²) in [6.07, 6.45) is -3.51. The largest absolute Gasteiger partial charge is 0.416 e. The summed E-state index contributed by atoms with van der Waals surface area (Å²) < 4.78 is 38.5. The Labute approximate surface area is 121 Å². The smallest absolute Gasteiger partial charge is 0.370 e. The van der Waals surface area contributed by atoms with E-state index >= 15 is 0 Å². The summed E-state index contributed by atoms with van der Waals surface area (Å²) in [6, 6.07) is 1.90. The number of alkyl halides is 3. The van der Waals surface area contributed by atoms with E-state index in [9.17, 15) is 18.0 Å². The van der Waals surface area contributed by atoms with Crippen LogP contribution in [0.4, 0.5) is 24.8 Å². The van der Waals surface area contributed by atoms with Crippen molar-refractivity contribution in [2.24, 2.45) is 0 Å². The number of nitrogens with zero attached hydrogens (tertiary/aromatic N) is 1. The Morgan fingerprint density at radius 2 is 1.76 bits per heavy atom. The first-order valence-electron chi connectivity index (χ1n) is 6.64. The van der Waals surface area contributed by atoms with Gasteiger partial charge in [-0.2, -0.15) is 13.2 Å². The lowest BCUT2D eigenvalue weighted by atomic mass is 10.2. The van der Waals surface area contributed by atoms with Crippen LogP contribution in [-0.4, -0.2) is 31.0 Å². The van der Waals surface area contributed by atoms with Crippen molar-refractivity contribution < 1.29 is 18.0 Å². The van der Waals surface area contributed by atoms with Gasteiger partial charge in [-0.3, -0.25) is 4.79 Å². The number of halogens is 3. The minimum atomic E-state index is -4.44. The fraction of sp³-hybridized carbons (Fsp3) is 0.538. The molecule has 1 rings (SSSR count). The third-order valence-electron chi connectivity index (χ3n) is 2.65. The highest BCUT2D eigenvalue weighted by Crippen LogP contribution is 2.32. The molecule has 1 aromatic rings. The predicted octanol–water partition coefficient (Wildman–Crippen LogP) is 2.47. The second kappa shape index (κ2) is 7.70. The Kier molecular flexibility index (Phi) is 6.26. The van der Waals surface area contributed by atoms with Gasteiger partial charge in [-0.1, -0.05) is 6.92 Å². The lowest BCUT2D eigenvalue weighted by Gasteiger charge is -2.13. The zero-order valence-electron chi connectivity index (χ0n) is 12.0. The molecular formula is C13H19F3N4O. The number of carbonyl (C=O) groups is 1. The number of hydrogen-bond acceptors (Lipinski definition) is 4. The van der Waals surface area contributed by atoms with Gasteiger partial charge >= 0.3 is 6.18 Å². The first-order chi connectivity index (χ1) is 9.86. The van der Waals surface area contributed by atoms with Crippen molar-refractivity contribution in [3.63, 3.8) is 0 Å². The molecule has 21 heavy (non-hydrogen) atoms. The number of nitrogens with one attached hydrogen (secondary N) is 3. The van der Waals surface area contributed by atoms with Crippen molar-refractivity contribution in [2.75, 3.05) is 30.8 Å². The Morgan fingerprint density at radius 1 is 1.19 bits per heavy atom. The monoisotopic (exact) mass is 304 g/mol. The van der Waals surface area contributed by atoms with Crippen LogP contribution in [0.1, 0.15) is 25.3 Å². The maximum absolute atomic E-state index is 12.8. The molecule has 0 unspecified atom stereocenters. The van der Waals surface area contributed by atoms with Crippen molar-refractivity contribution in [1.82, 2.24) is 10.3 Å². The van der Waals surface area contributed by atoms with Gasteiger partial charge in [-0.05, 0) is 18.6 Å². The summed E-state index contributed by atoms with van der Waals surface area (Å²) in [5, 5.41) is 7.99. The van der Waals surface area contributed by atoms with Gasteiger partial charge in [0.1, 0.15) is 11.6 Å². The molecule has 0 aliphatic carbocycles. The minimum Gasteiger partial charge on any atom is -0.370 e. The summed E-state index contributed by atoms with van der Waals surface area (Å²) in [6.45, 7) is 2.65. The third kappa shape index (κ3) is 5.88. The predicted molar refractivity (Wildman–Crippen MR) is 75.2 cm³/mol. The van der Waals surface area contributed by atoms with Crippen molar-refractivity contribution in [1.29, 1.82) is 0 Å². The lowest BCUT2D eigenvalue weighted by molar-refractivity contribution is -0.137. The molecule has 0 spiro atoms. The Hall–Kier alpha value is -1.99. The second-order valence-corrected chi connectivity index (χ2v) is 4.40. The number of rotatable bonds is 7. The molecule has 0 aliphatic rings. The Balaban J connectivity index is 2.83. The molecule has 1 heterocycles. The van der Waals surface area contributed by atoms with E-state index in [4.69, 9.17) is 0 Å². The standard InChI is InChI=1S/C13H19F3N4O/c1-3-5-18-10-7-9(13(14,15)16)8-11(20-10)19-6-4-12(21)17-2/h7-8H,3-6H2,1-2H3,(H,17,21)(H2,18,19,20). The molecule has 118 valence electrons. The average Bonchev–Trinajstić information content (AvgIpc) is 2.43. The number of carbonyl (C=O) groups excluding carboxylic acids is 1. The van der Waals surface area contributed by atoms with Gasteiger partial charge in [0.25, 0.3) is 0 Å². The van der Waals surface area contributed by atoms with Crippen LogP contribution >= 0.6 is 0 Å². The van der Waals surface area contributed by atoms with Crippen LogP contribution in [0.15, 0.2) is 12.1 Å². The maximum atomic E-state index is 12.8. The fourth-order valence-electron chi connectivity index (χ4n) is 1.56. The topological polar surface area (TPSA) is 66.0 Å². The number of hydrogen-bond donors (Lipinski definition) is 3. The summed E-state index contributed by atoms with van der Waals surface area (Å²) in [4.78, 5) is 15.1. The normalized spacial score (nSPS) is 11.1. The number of amides is 1. The van der Waals surface area contributed by atoms with Crippen LogP contribution in [0.2, 0.25) is 0 Å². The molecule has 0 fully saturated rings. The van der Waals surface area contributed by atoms with Crippen LogP contribution in [0.5, 0.6) is 0 Å². The molecule has 0 saturated carbocycles. The molecule has 0 bridgehead atoms. The van der Waals surface area contributed by atoms with E-state index in [1.54, 1.807) is 0 Å². The van der Waals surface area contributed by atoms with Crippen LogP contribution in [-0.2, 0) is 11.0 Å². The van der Waals surface area contributed by atoms with E-state index in [0.29, 0.717) is 6.54 Å². The molecule has 3 N–H and O–H groups in total. The van der Waals surface area contributed by atoms with Gasteiger partial charge < -0.3 is 16.0 Å². The van der Waals surface area contributed by atoms with Crippen LogP contribution in [0, 0.1) is 0 Å². The maximum Gasteiger partial charge on any atom is 0.416 e. The average molecular weight is 304 g/mol. The highest BCUT2D eigenvalue weighted by molar-refractivity contribution is 5.76. The molecular weight excluding hydrogens is 285 g/mol. The van der Waals surface area contributed by atoms with Crippen molar-refractivity contribution in [3.05, 3.63) is 17.7 Å². The zero-order valence-corrected chi connectivity index (χ0v) is 12.0. The van der Waals surface area contributed by atoms with Gasteiger partial charge in [0.2, 0.25) is 5.91 Å². The third-order valence-corrected chi connectivity index (χ3v) is 2.65. The highest BCUT2D eigenvalue weighted by Gasteiger charge is 2.31. The molecule has 0 atom stereocenters. The van der Waals surface area contributed by atoms with E-state index in [0.717, 1.165) is 18.6 Å². The number of anilines is 2. The quantitative estimate of drug-likeness (QED) is 0.724. The molecule has 0 aliphatic heterocycles. The number of aromatic nitrogens is 1. The Bertz CT molecular complexity index is 477. The van der Waals surface area contributed by atoms with Crippen molar-refractivity contribution in [3.8, 4) is 0 Å². The fourth-order valence-corrected chi connectivity index (χ4v) is 1.56. The van der Waals surface area contributed by atoms with Gasteiger partial charge in [0.15, 0.2) is 0 Å². The summed E-state index contributed by atoms with van der Waals surface area (Å²) in [5.41, 5.74) is -0.779. The molecule has 1 aromatic heterocycles. The molecule has 1 amide bonds. The van der Waals surface area contributed by atoms with Crippen LogP contribution in [0.3, 0.4) is 0 Å². The summed E-state index contributed by atoms with van der Waals surface area (Å²) in [5.74, 6) is 0.0558. The van der Waals surface area contributed by atoms with E-state index in [1.807, 2.05) is 6.92 Å². The van der Waals surface area contributed by atoms with Gasteiger partial charge in [-0.25, -0.2) is 4.98 Å². The molecule has 8 heteroatoms. The molecule has 5 nitrogen and oxygen atoms in total. The number of pyridine rings is 1. The van der Waals surface area contributed by atoms with E-state index in [-0.39, 0.29) is 30.5 Å². The Morgan fingerprint density at radius 3 is 2.24 bits per heavy atom. The lowest BCUT2D eigenvalue weighted by Crippen LogP contribution is -2.21. The first kappa shape index (κ1) is 17.1. The summed E-state index contributed by atoms with van der Waals surface area (Å²) in [7, 11) is 1.50. The van der Waals surface area contributed by atoms with E-state index in [1.165, 1.54) is 7.05 Å². The van der Waals surface area contributed by atoms with Gasteiger partial charge in [0.05, 0.1) is 5.56 Å². The van der Waals surface area contributed by atoms with E-state index in [2.05, 4.69) is 20.9 Å². The minimum absolute atomic E-state index is 0.0901. The highest BCUT2D eigenvalue weighted by atomic mass is 19.4. The van der Waals surface area contributed by atoms with Gasteiger partial charge in [0, 0.05) is 26.6 Å². The molecule has 0 aromatic carbocycles. The van der Waals surface area contributed by atoms with Crippen LogP contribution in [0.25, 0.3) is 0 Å². The van der Waals surface area contributed by atoms with Crippen molar-refractivity contribution in [2.45, 2.75) is 25.9 Å². The SMILES string of the molecule is CCCNc1cc(C(F)(F)F)cc(NCCC(=O)NC)n1. The van der Waals surface area contributed by atoms with Crippen molar-refractivity contribution >= 4 is 17.5 Å².